The van der Waals surface area contributed by atoms with Crippen LogP contribution in [0.3, 0.4) is 0 Å². The van der Waals surface area contributed by atoms with Gasteiger partial charge < -0.3 is 9.47 Å². The normalized spacial score (nSPS) is 10.7. The summed E-state index contributed by atoms with van der Waals surface area (Å²) < 4.78 is 39.1. The number of pyridine rings is 1. The second-order valence-corrected chi connectivity index (χ2v) is 4.99. The number of aromatic nitrogens is 1. The maximum Gasteiger partial charge on any atom is 0.340 e. The molecule has 0 unspecified atom stereocenters. The summed E-state index contributed by atoms with van der Waals surface area (Å²) in [5.41, 5.74) is -0.0147. The summed E-state index contributed by atoms with van der Waals surface area (Å²) in [6.07, 6.45) is 0. The molecule has 24 heavy (non-hydrogen) atoms. The lowest BCUT2D eigenvalue weighted by molar-refractivity contribution is 0.0596. The molecule has 0 aliphatic heterocycles. The van der Waals surface area contributed by atoms with Gasteiger partial charge in [0.2, 0.25) is 0 Å². The number of fused-ring (bicyclic) bond motifs is 1. The Balaban J connectivity index is 2.37. The van der Waals surface area contributed by atoms with E-state index in [1.54, 1.807) is 30.3 Å². The zero-order chi connectivity index (χ0) is 17.3. The van der Waals surface area contributed by atoms with Gasteiger partial charge in [0, 0.05) is 10.9 Å². The van der Waals surface area contributed by atoms with E-state index in [1.807, 2.05) is 0 Å². The van der Waals surface area contributed by atoms with Gasteiger partial charge in [0.15, 0.2) is 17.4 Å². The molecular weight excluding hydrogens is 316 g/mol. The molecule has 4 nitrogen and oxygen atoms in total. The molecule has 1 heterocycles. The largest absolute Gasteiger partial charge is 0.493 e. The van der Waals surface area contributed by atoms with Crippen molar-refractivity contribution in [3.63, 3.8) is 0 Å². The Kier molecular flexibility index (Phi) is 4.12. The van der Waals surface area contributed by atoms with Gasteiger partial charge in [-0.15, -0.1) is 0 Å². The van der Waals surface area contributed by atoms with E-state index in [0.717, 1.165) is 7.11 Å². The fourth-order valence-electron chi connectivity index (χ4n) is 2.50. The third-order valence-corrected chi connectivity index (χ3v) is 3.65. The monoisotopic (exact) mass is 329 g/mol. The minimum Gasteiger partial charge on any atom is -0.493 e. The molecule has 0 radical (unpaired) electrons. The van der Waals surface area contributed by atoms with E-state index in [9.17, 15) is 13.6 Å². The number of carbonyl (C=O) groups excluding carboxylic acids is 1. The SMILES string of the molecule is COC(=O)c1ccc2c(OC)c(F)c(-c3ccccc3)nc2c1F. The number of halogens is 2. The Morgan fingerprint density at radius 3 is 2.33 bits per heavy atom. The van der Waals surface area contributed by atoms with Gasteiger partial charge in [-0.3, -0.25) is 0 Å². The maximum absolute atomic E-state index is 14.7. The molecule has 0 saturated heterocycles. The van der Waals surface area contributed by atoms with Crippen molar-refractivity contribution in [1.82, 2.24) is 4.98 Å². The minimum atomic E-state index is -0.880. The molecule has 1 aromatic heterocycles. The molecule has 2 aromatic carbocycles. The summed E-state index contributed by atoms with van der Waals surface area (Å²) in [7, 11) is 2.44. The number of hydrogen-bond donors (Lipinski definition) is 0. The fourth-order valence-corrected chi connectivity index (χ4v) is 2.50. The second kappa shape index (κ2) is 6.23. The minimum absolute atomic E-state index is 0.0548. The van der Waals surface area contributed by atoms with Gasteiger partial charge in [-0.2, -0.15) is 0 Å². The van der Waals surface area contributed by atoms with Crippen LogP contribution in [0.4, 0.5) is 8.78 Å². The summed E-state index contributed by atoms with van der Waals surface area (Å²) in [4.78, 5) is 15.8. The molecule has 0 aliphatic carbocycles. The zero-order valence-electron chi connectivity index (χ0n) is 13.0. The van der Waals surface area contributed by atoms with Gasteiger partial charge in [-0.25, -0.2) is 18.6 Å². The number of nitrogens with zero attached hydrogens (tertiary/aromatic N) is 1. The quantitative estimate of drug-likeness (QED) is 0.682. The molecule has 3 aromatic rings. The third-order valence-electron chi connectivity index (χ3n) is 3.65. The fraction of sp³-hybridized carbons (Fsp3) is 0.111. The van der Waals surface area contributed by atoms with Gasteiger partial charge in [-0.05, 0) is 12.1 Å². The number of hydrogen-bond acceptors (Lipinski definition) is 4. The summed E-state index contributed by atoms with van der Waals surface area (Å²) in [6.45, 7) is 0. The molecule has 0 aliphatic rings. The van der Waals surface area contributed by atoms with Crippen LogP contribution in [-0.2, 0) is 4.74 Å². The average Bonchev–Trinajstić information content (AvgIpc) is 2.62. The van der Waals surface area contributed by atoms with Crippen molar-refractivity contribution >= 4 is 16.9 Å². The molecule has 0 saturated carbocycles. The van der Waals surface area contributed by atoms with Crippen LogP contribution in [0.1, 0.15) is 10.4 Å². The first-order valence-corrected chi connectivity index (χ1v) is 7.08. The highest BCUT2D eigenvalue weighted by atomic mass is 19.1. The molecule has 0 atom stereocenters. The van der Waals surface area contributed by atoms with Crippen LogP contribution >= 0.6 is 0 Å². The first-order chi connectivity index (χ1) is 11.6. The highest BCUT2D eigenvalue weighted by Gasteiger charge is 2.23. The van der Waals surface area contributed by atoms with Crippen molar-refractivity contribution in [2.24, 2.45) is 0 Å². The van der Waals surface area contributed by atoms with Gasteiger partial charge in [0.05, 0.1) is 19.8 Å². The van der Waals surface area contributed by atoms with Crippen molar-refractivity contribution in [2.75, 3.05) is 14.2 Å². The van der Waals surface area contributed by atoms with Crippen LogP contribution in [0.15, 0.2) is 42.5 Å². The molecule has 122 valence electrons. The molecule has 6 heteroatoms. The van der Waals surface area contributed by atoms with Gasteiger partial charge in [0.1, 0.15) is 11.2 Å². The van der Waals surface area contributed by atoms with Crippen LogP contribution in [0.2, 0.25) is 0 Å². The molecular formula is C18H13F2NO3. The Labute approximate surface area is 136 Å². The molecule has 0 N–H and O–H groups in total. The number of benzene rings is 2. The van der Waals surface area contributed by atoms with Gasteiger partial charge >= 0.3 is 5.97 Å². The highest BCUT2D eigenvalue weighted by molar-refractivity contribution is 5.97. The smallest absolute Gasteiger partial charge is 0.340 e. The predicted molar refractivity (Wildman–Crippen MR) is 85.0 cm³/mol. The summed E-state index contributed by atoms with van der Waals surface area (Å²) in [5.74, 6) is -2.54. The lowest BCUT2D eigenvalue weighted by Gasteiger charge is -2.12. The van der Waals surface area contributed by atoms with Crippen molar-refractivity contribution in [3.8, 4) is 17.0 Å². The van der Waals surface area contributed by atoms with Crippen LogP contribution in [0.25, 0.3) is 22.2 Å². The third kappa shape index (κ3) is 2.46. The number of esters is 1. The predicted octanol–water partition coefficient (Wildman–Crippen LogP) is 3.98. The lowest BCUT2D eigenvalue weighted by atomic mass is 10.1. The first kappa shape index (κ1) is 15.9. The molecule has 0 amide bonds. The lowest BCUT2D eigenvalue weighted by Crippen LogP contribution is -2.06. The molecule has 3 rings (SSSR count). The summed E-state index contributed by atoms with van der Waals surface area (Å²) in [6, 6.07) is 11.1. The summed E-state index contributed by atoms with van der Waals surface area (Å²) in [5, 5.41) is 0.139. The molecule has 0 spiro atoms. The van der Waals surface area contributed by atoms with E-state index < -0.39 is 17.6 Å². The maximum atomic E-state index is 14.7. The Hall–Kier alpha value is -3.02. The van der Waals surface area contributed by atoms with E-state index in [4.69, 9.17) is 4.74 Å². The van der Waals surface area contributed by atoms with E-state index >= 15 is 0 Å². The highest BCUT2D eigenvalue weighted by Crippen LogP contribution is 2.35. The number of carbonyl (C=O) groups is 1. The molecule has 0 bridgehead atoms. The van der Waals surface area contributed by atoms with Crippen LogP contribution < -0.4 is 4.74 Å². The Morgan fingerprint density at radius 1 is 1.00 bits per heavy atom. The van der Waals surface area contributed by atoms with E-state index in [-0.39, 0.29) is 27.9 Å². The van der Waals surface area contributed by atoms with Crippen LogP contribution in [0.5, 0.6) is 5.75 Å². The number of ether oxygens (including phenoxy) is 2. The van der Waals surface area contributed by atoms with Gasteiger partial charge in [0.25, 0.3) is 0 Å². The van der Waals surface area contributed by atoms with Crippen LogP contribution in [-0.4, -0.2) is 25.2 Å². The Bertz CT molecular complexity index is 927. The van der Waals surface area contributed by atoms with Crippen molar-refractivity contribution < 1.29 is 23.0 Å². The Morgan fingerprint density at radius 2 is 1.71 bits per heavy atom. The first-order valence-electron chi connectivity index (χ1n) is 7.08. The summed E-state index contributed by atoms with van der Waals surface area (Å²) >= 11 is 0. The number of rotatable bonds is 3. The van der Waals surface area contributed by atoms with Crippen molar-refractivity contribution in [3.05, 3.63) is 59.7 Å². The topological polar surface area (TPSA) is 48.4 Å². The van der Waals surface area contributed by atoms with Gasteiger partial charge in [-0.1, -0.05) is 30.3 Å². The second-order valence-electron chi connectivity index (χ2n) is 4.99. The number of methoxy groups -OCH3 is 2. The molecule has 0 fully saturated rings. The van der Waals surface area contributed by atoms with E-state index in [1.165, 1.54) is 19.2 Å². The van der Waals surface area contributed by atoms with E-state index in [2.05, 4.69) is 9.72 Å². The van der Waals surface area contributed by atoms with Crippen molar-refractivity contribution in [1.29, 1.82) is 0 Å². The van der Waals surface area contributed by atoms with E-state index in [0.29, 0.717) is 5.56 Å². The zero-order valence-corrected chi connectivity index (χ0v) is 13.0. The average molecular weight is 329 g/mol. The van der Waals surface area contributed by atoms with Crippen LogP contribution in [0, 0.1) is 11.6 Å². The van der Waals surface area contributed by atoms with Crippen molar-refractivity contribution in [2.45, 2.75) is 0 Å². The standard InChI is InChI=1S/C18H13F2NO3/c1-23-17-12-9-8-11(18(22)24-2)13(19)16(12)21-15(14(17)20)10-6-4-3-5-7-10/h3-9H,1-2H3.